The maximum absolute atomic E-state index is 11.1. The van der Waals surface area contributed by atoms with Gasteiger partial charge in [-0.1, -0.05) is 11.3 Å². The van der Waals surface area contributed by atoms with Crippen LogP contribution in [-0.2, 0) is 10.0 Å². The molecule has 0 fully saturated rings. The van der Waals surface area contributed by atoms with Crippen LogP contribution in [0.3, 0.4) is 0 Å². The molecule has 8 heteroatoms. The topological polar surface area (TPSA) is 105 Å². The number of nitrogens with two attached hydrogens (primary N) is 1. The van der Waals surface area contributed by atoms with E-state index in [9.17, 15) is 13.2 Å². The van der Waals surface area contributed by atoms with Crippen molar-refractivity contribution >= 4 is 21.4 Å². The van der Waals surface area contributed by atoms with Crippen LogP contribution in [0.1, 0.15) is 5.69 Å². The summed E-state index contributed by atoms with van der Waals surface area (Å²) in [5.41, 5.74) is 0.294. The van der Waals surface area contributed by atoms with Crippen molar-refractivity contribution < 1.29 is 8.42 Å². The van der Waals surface area contributed by atoms with Gasteiger partial charge in [0.1, 0.15) is 0 Å². The largest absolute Gasteiger partial charge is 0.315 e. The molecule has 0 saturated carbocycles. The molecule has 0 atom stereocenters. The van der Waals surface area contributed by atoms with Crippen molar-refractivity contribution in [2.24, 2.45) is 5.84 Å². The fourth-order valence-electron chi connectivity index (χ4n) is 0.700. The highest BCUT2D eigenvalue weighted by molar-refractivity contribution is 7.91. The summed E-state index contributed by atoms with van der Waals surface area (Å²) in [7, 11) is -3.69. The molecular formula is C4H7N3O3S2. The van der Waals surface area contributed by atoms with E-state index < -0.39 is 14.9 Å². The first-order valence-electron chi connectivity index (χ1n) is 2.89. The van der Waals surface area contributed by atoms with Crippen molar-refractivity contribution in [3.8, 4) is 0 Å². The van der Waals surface area contributed by atoms with E-state index in [-0.39, 0.29) is 4.21 Å². The minimum absolute atomic E-state index is 0.0741. The Morgan fingerprint density at radius 3 is 2.50 bits per heavy atom. The third kappa shape index (κ3) is 1.55. The van der Waals surface area contributed by atoms with E-state index in [4.69, 9.17) is 5.84 Å². The number of aromatic amines is 1. The van der Waals surface area contributed by atoms with Crippen molar-refractivity contribution in [3.05, 3.63) is 15.4 Å². The highest BCUT2D eigenvalue weighted by atomic mass is 32.2. The second-order valence-corrected chi connectivity index (χ2v) is 4.94. The van der Waals surface area contributed by atoms with Crippen LogP contribution in [0.25, 0.3) is 0 Å². The van der Waals surface area contributed by atoms with Gasteiger partial charge in [0.05, 0.1) is 0 Å². The van der Waals surface area contributed by atoms with Crippen molar-refractivity contribution in [1.29, 1.82) is 0 Å². The minimum Gasteiger partial charge on any atom is -0.315 e. The second kappa shape index (κ2) is 2.98. The third-order valence-corrected chi connectivity index (χ3v) is 3.97. The molecule has 0 radical (unpaired) electrons. The number of rotatable bonds is 2. The molecule has 0 spiro atoms. The number of H-pyrrole nitrogens is 1. The van der Waals surface area contributed by atoms with Gasteiger partial charge in [-0.05, 0) is 6.92 Å². The standard InChI is InChI=1S/C4H7N3O3S2/c1-2-3(11-4(8)6-2)12(9,10)7-5/h7H,5H2,1H3,(H,6,8). The normalized spacial score (nSPS) is 11.8. The number of aryl methyl sites for hydroxylation is 1. The Hall–Kier alpha value is -0.700. The first kappa shape index (κ1) is 9.39. The number of hydrogen-bond donors (Lipinski definition) is 3. The first-order valence-corrected chi connectivity index (χ1v) is 5.19. The van der Waals surface area contributed by atoms with E-state index in [2.05, 4.69) is 4.98 Å². The maximum atomic E-state index is 11.1. The maximum Gasteiger partial charge on any atom is 0.305 e. The van der Waals surface area contributed by atoms with Crippen molar-refractivity contribution in [3.63, 3.8) is 0 Å². The third-order valence-electron chi connectivity index (χ3n) is 1.18. The lowest BCUT2D eigenvalue weighted by molar-refractivity contribution is 0.585. The van der Waals surface area contributed by atoms with E-state index in [1.54, 1.807) is 4.83 Å². The van der Waals surface area contributed by atoms with Crippen LogP contribution in [0.5, 0.6) is 0 Å². The van der Waals surface area contributed by atoms with Gasteiger partial charge in [0, 0.05) is 5.69 Å². The van der Waals surface area contributed by atoms with Gasteiger partial charge in [-0.25, -0.2) is 8.42 Å². The molecule has 0 bridgehead atoms. The highest BCUT2D eigenvalue weighted by Gasteiger charge is 2.18. The molecule has 0 amide bonds. The predicted octanol–water partition coefficient (Wildman–Crippen LogP) is -1.10. The Balaban J connectivity index is 3.39. The molecule has 1 aromatic heterocycles. The summed E-state index contributed by atoms with van der Waals surface area (Å²) in [6.07, 6.45) is 0. The summed E-state index contributed by atoms with van der Waals surface area (Å²) in [6.45, 7) is 1.49. The minimum atomic E-state index is -3.69. The van der Waals surface area contributed by atoms with Crippen LogP contribution < -0.4 is 15.5 Å². The Kier molecular flexibility index (Phi) is 2.33. The fourth-order valence-corrected chi connectivity index (χ4v) is 2.65. The molecular weight excluding hydrogens is 202 g/mol. The van der Waals surface area contributed by atoms with Crippen molar-refractivity contribution in [1.82, 2.24) is 9.82 Å². The summed E-state index contributed by atoms with van der Waals surface area (Å²) in [5, 5.41) is 0. The van der Waals surface area contributed by atoms with Crippen LogP contribution in [0.4, 0.5) is 0 Å². The lowest BCUT2D eigenvalue weighted by Crippen LogP contribution is -2.30. The van der Waals surface area contributed by atoms with Gasteiger partial charge in [-0.15, -0.1) is 4.83 Å². The highest BCUT2D eigenvalue weighted by Crippen LogP contribution is 2.13. The van der Waals surface area contributed by atoms with Gasteiger partial charge in [-0.2, -0.15) is 0 Å². The lowest BCUT2D eigenvalue weighted by Gasteiger charge is -1.97. The zero-order chi connectivity index (χ0) is 9.35. The van der Waals surface area contributed by atoms with Gasteiger partial charge in [0.25, 0.3) is 10.0 Å². The van der Waals surface area contributed by atoms with Gasteiger partial charge >= 0.3 is 4.87 Å². The second-order valence-electron chi connectivity index (χ2n) is 2.05. The molecule has 1 heterocycles. The van der Waals surface area contributed by atoms with Crippen LogP contribution >= 0.6 is 11.3 Å². The molecule has 0 aliphatic carbocycles. The number of aromatic nitrogens is 1. The Bertz CT molecular complexity index is 429. The molecule has 1 aromatic rings. The molecule has 0 aliphatic heterocycles. The van der Waals surface area contributed by atoms with E-state index in [1.807, 2.05) is 0 Å². The van der Waals surface area contributed by atoms with E-state index >= 15 is 0 Å². The zero-order valence-corrected chi connectivity index (χ0v) is 7.75. The van der Waals surface area contributed by atoms with Gasteiger partial charge in [-0.3, -0.25) is 10.6 Å². The van der Waals surface area contributed by atoms with Crippen molar-refractivity contribution in [2.75, 3.05) is 0 Å². The Morgan fingerprint density at radius 1 is 1.58 bits per heavy atom. The number of sulfonamides is 1. The summed E-state index contributed by atoms with van der Waals surface area (Å²) >= 11 is 0.604. The molecule has 1 rings (SSSR count). The quantitative estimate of drug-likeness (QED) is 0.424. The van der Waals surface area contributed by atoms with Crippen LogP contribution in [0.15, 0.2) is 9.00 Å². The average Bonchev–Trinajstić information content (AvgIpc) is 2.31. The Morgan fingerprint density at radius 2 is 2.17 bits per heavy atom. The van der Waals surface area contributed by atoms with Gasteiger partial charge < -0.3 is 4.98 Å². The van der Waals surface area contributed by atoms with E-state index in [1.165, 1.54) is 6.92 Å². The molecule has 0 aromatic carbocycles. The van der Waals surface area contributed by atoms with Crippen LogP contribution in [0.2, 0.25) is 0 Å². The monoisotopic (exact) mass is 209 g/mol. The summed E-state index contributed by atoms with van der Waals surface area (Å²) in [5.74, 6) is 4.77. The zero-order valence-electron chi connectivity index (χ0n) is 6.12. The van der Waals surface area contributed by atoms with E-state index in [0.29, 0.717) is 17.0 Å². The predicted molar refractivity (Wildman–Crippen MR) is 44.2 cm³/mol. The fraction of sp³-hybridized carbons (Fsp3) is 0.250. The van der Waals surface area contributed by atoms with Gasteiger partial charge in [0.15, 0.2) is 4.21 Å². The molecule has 4 N–H and O–H groups in total. The molecule has 68 valence electrons. The smallest absolute Gasteiger partial charge is 0.305 e. The molecule has 0 saturated heterocycles. The van der Waals surface area contributed by atoms with Gasteiger partial charge in [0.2, 0.25) is 0 Å². The number of hydrazine groups is 1. The number of thiazole rings is 1. The van der Waals surface area contributed by atoms with E-state index in [0.717, 1.165) is 0 Å². The summed E-state index contributed by atoms with van der Waals surface area (Å²) in [4.78, 5) is 14.3. The Labute approximate surface area is 72.4 Å². The van der Waals surface area contributed by atoms with Crippen LogP contribution in [0, 0.1) is 6.92 Å². The first-order chi connectivity index (χ1) is 5.47. The average molecular weight is 209 g/mol. The number of nitrogens with one attached hydrogen (secondary N) is 2. The molecule has 12 heavy (non-hydrogen) atoms. The van der Waals surface area contributed by atoms with Crippen LogP contribution in [-0.4, -0.2) is 13.4 Å². The number of hydrogen-bond acceptors (Lipinski definition) is 5. The molecule has 0 aliphatic rings. The van der Waals surface area contributed by atoms with Crippen molar-refractivity contribution in [2.45, 2.75) is 11.1 Å². The lowest BCUT2D eigenvalue weighted by atomic mass is 10.6. The molecule has 6 nitrogen and oxygen atoms in total. The SMILES string of the molecule is Cc1[nH]c(=O)sc1S(=O)(=O)NN. The molecule has 0 unspecified atom stereocenters. The summed E-state index contributed by atoms with van der Waals surface area (Å²) < 4.78 is 22.0. The summed E-state index contributed by atoms with van der Waals surface area (Å²) in [6, 6.07) is 0.